The van der Waals surface area contributed by atoms with E-state index >= 15 is 0 Å². The molecule has 1 amide bonds. The second kappa shape index (κ2) is 6.38. The van der Waals surface area contributed by atoms with Crippen molar-refractivity contribution in [3.63, 3.8) is 0 Å². The first-order valence-electron chi connectivity index (χ1n) is 7.05. The van der Waals surface area contributed by atoms with Gasteiger partial charge in [-0.05, 0) is 45.2 Å². The van der Waals surface area contributed by atoms with Crippen LogP contribution in [-0.2, 0) is 4.79 Å². The summed E-state index contributed by atoms with van der Waals surface area (Å²) in [6.07, 6.45) is 4.93. The number of anilines is 1. The van der Waals surface area contributed by atoms with E-state index in [1.54, 1.807) is 18.3 Å². The van der Waals surface area contributed by atoms with Gasteiger partial charge in [0.05, 0.1) is 5.56 Å². The Labute approximate surface area is 119 Å². The maximum atomic E-state index is 12.5. The number of hydrogen-bond donors (Lipinski definition) is 1. The van der Waals surface area contributed by atoms with Gasteiger partial charge in [0.15, 0.2) is 0 Å². The van der Waals surface area contributed by atoms with Gasteiger partial charge in [0, 0.05) is 18.8 Å². The Morgan fingerprint density at radius 1 is 1.60 bits per heavy atom. The van der Waals surface area contributed by atoms with Crippen molar-refractivity contribution in [3.8, 4) is 6.07 Å². The number of likely N-dealkylation sites (tertiary alicyclic amines) is 1. The summed E-state index contributed by atoms with van der Waals surface area (Å²) in [6.45, 7) is 4.73. The summed E-state index contributed by atoms with van der Waals surface area (Å²) in [5, 5.41) is 12.1. The molecular formula is C15H20N4O. The zero-order chi connectivity index (χ0) is 14.5. The molecule has 2 unspecified atom stereocenters. The highest BCUT2D eigenvalue weighted by Crippen LogP contribution is 2.19. The molecule has 20 heavy (non-hydrogen) atoms. The molecule has 0 saturated carbocycles. The van der Waals surface area contributed by atoms with Crippen molar-refractivity contribution in [1.29, 1.82) is 5.26 Å². The average molecular weight is 272 g/mol. The zero-order valence-corrected chi connectivity index (χ0v) is 12.0. The van der Waals surface area contributed by atoms with Crippen LogP contribution in [0.25, 0.3) is 0 Å². The number of pyridine rings is 1. The molecule has 5 heteroatoms. The van der Waals surface area contributed by atoms with Gasteiger partial charge >= 0.3 is 0 Å². The number of nitrogens with one attached hydrogen (secondary N) is 1. The monoisotopic (exact) mass is 272 g/mol. The lowest BCUT2D eigenvalue weighted by molar-refractivity contribution is -0.134. The van der Waals surface area contributed by atoms with Crippen molar-refractivity contribution in [2.24, 2.45) is 0 Å². The van der Waals surface area contributed by atoms with Crippen LogP contribution in [0.1, 0.15) is 38.7 Å². The van der Waals surface area contributed by atoms with Gasteiger partial charge in [-0.3, -0.25) is 4.79 Å². The molecule has 0 aromatic carbocycles. The molecule has 1 saturated heterocycles. The van der Waals surface area contributed by atoms with E-state index in [1.807, 2.05) is 11.8 Å². The Hall–Kier alpha value is -2.09. The van der Waals surface area contributed by atoms with Crippen LogP contribution in [-0.4, -0.2) is 34.4 Å². The minimum absolute atomic E-state index is 0.0757. The minimum Gasteiger partial charge on any atom is -0.358 e. The molecule has 0 spiro atoms. The van der Waals surface area contributed by atoms with E-state index < -0.39 is 0 Å². The summed E-state index contributed by atoms with van der Waals surface area (Å²) in [7, 11) is 0. The van der Waals surface area contributed by atoms with Crippen molar-refractivity contribution < 1.29 is 4.79 Å². The smallest absolute Gasteiger partial charge is 0.245 e. The van der Waals surface area contributed by atoms with Crippen LogP contribution < -0.4 is 5.32 Å². The first-order chi connectivity index (χ1) is 9.63. The summed E-state index contributed by atoms with van der Waals surface area (Å²) in [5.74, 6) is 0.548. The third-order valence-electron chi connectivity index (χ3n) is 3.74. The van der Waals surface area contributed by atoms with Gasteiger partial charge in [-0.15, -0.1) is 0 Å². The third kappa shape index (κ3) is 3.08. The molecule has 0 aliphatic carbocycles. The number of carbonyl (C=O) groups is 1. The van der Waals surface area contributed by atoms with Crippen molar-refractivity contribution >= 4 is 11.7 Å². The highest BCUT2D eigenvalue weighted by molar-refractivity contribution is 5.84. The van der Waals surface area contributed by atoms with Gasteiger partial charge in [-0.25, -0.2) is 4.98 Å². The topological polar surface area (TPSA) is 69.0 Å². The van der Waals surface area contributed by atoms with Crippen LogP contribution in [0.15, 0.2) is 18.3 Å². The molecular weight excluding hydrogens is 252 g/mol. The first kappa shape index (κ1) is 14.3. The van der Waals surface area contributed by atoms with Gasteiger partial charge in [-0.1, -0.05) is 0 Å². The Morgan fingerprint density at radius 3 is 3.10 bits per heavy atom. The first-order valence-corrected chi connectivity index (χ1v) is 7.05. The number of amides is 1. The molecule has 0 bridgehead atoms. The van der Waals surface area contributed by atoms with Gasteiger partial charge in [0.25, 0.3) is 0 Å². The fourth-order valence-electron chi connectivity index (χ4n) is 2.55. The van der Waals surface area contributed by atoms with Crippen LogP contribution in [0.3, 0.4) is 0 Å². The summed E-state index contributed by atoms with van der Waals surface area (Å²) in [6, 6.07) is 5.39. The van der Waals surface area contributed by atoms with Gasteiger partial charge in [0.1, 0.15) is 17.9 Å². The Balaban J connectivity index is 2.06. The number of carbonyl (C=O) groups excluding carboxylic acids is 1. The molecule has 2 heterocycles. The molecule has 1 aliphatic heterocycles. The average Bonchev–Trinajstić information content (AvgIpc) is 2.47. The van der Waals surface area contributed by atoms with Crippen molar-refractivity contribution in [1.82, 2.24) is 9.88 Å². The summed E-state index contributed by atoms with van der Waals surface area (Å²) in [5.41, 5.74) is 0.457. The van der Waals surface area contributed by atoms with Crippen LogP contribution in [0, 0.1) is 11.3 Å². The number of rotatable bonds is 3. The molecule has 1 aliphatic rings. The van der Waals surface area contributed by atoms with Crippen LogP contribution in [0.5, 0.6) is 0 Å². The van der Waals surface area contributed by atoms with E-state index in [9.17, 15) is 4.79 Å². The maximum Gasteiger partial charge on any atom is 0.245 e. The second-order valence-electron chi connectivity index (χ2n) is 5.25. The standard InChI is InChI=1S/C15H20N4O/c1-11-6-3-4-9-19(11)15(20)12(2)18-14-13(10-16)7-5-8-17-14/h5,7-8,11-12H,3-4,6,9H2,1-2H3,(H,17,18). The van der Waals surface area contributed by atoms with Crippen molar-refractivity contribution in [3.05, 3.63) is 23.9 Å². The molecule has 5 nitrogen and oxygen atoms in total. The lowest BCUT2D eigenvalue weighted by atomic mass is 10.0. The van der Waals surface area contributed by atoms with Crippen LogP contribution in [0.4, 0.5) is 5.82 Å². The lowest BCUT2D eigenvalue weighted by Crippen LogP contribution is -2.48. The normalized spacial score (nSPS) is 20.1. The predicted octanol–water partition coefficient (Wildman–Crippen LogP) is 2.15. The minimum atomic E-state index is -0.377. The van der Waals surface area contributed by atoms with E-state index in [0.29, 0.717) is 17.4 Å². The number of hydrogen-bond acceptors (Lipinski definition) is 4. The Morgan fingerprint density at radius 2 is 2.40 bits per heavy atom. The molecule has 1 aromatic rings. The number of piperidine rings is 1. The van der Waals surface area contributed by atoms with E-state index in [2.05, 4.69) is 23.3 Å². The predicted molar refractivity (Wildman–Crippen MR) is 77.1 cm³/mol. The molecule has 1 aromatic heterocycles. The molecule has 0 radical (unpaired) electrons. The fraction of sp³-hybridized carbons (Fsp3) is 0.533. The summed E-state index contributed by atoms with van der Waals surface area (Å²) in [4.78, 5) is 18.5. The lowest BCUT2D eigenvalue weighted by Gasteiger charge is -2.35. The molecule has 106 valence electrons. The van der Waals surface area contributed by atoms with E-state index in [-0.39, 0.29) is 11.9 Å². The van der Waals surface area contributed by atoms with Crippen molar-refractivity contribution in [2.45, 2.75) is 45.2 Å². The van der Waals surface area contributed by atoms with Crippen molar-refractivity contribution in [2.75, 3.05) is 11.9 Å². The zero-order valence-electron chi connectivity index (χ0n) is 12.0. The summed E-state index contributed by atoms with van der Waals surface area (Å²) >= 11 is 0. The van der Waals surface area contributed by atoms with E-state index in [4.69, 9.17) is 5.26 Å². The quantitative estimate of drug-likeness (QED) is 0.915. The molecule has 1 N–H and O–H groups in total. The molecule has 2 atom stereocenters. The van der Waals surface area contributed by atoms with Gasteiger partial charge in [0.2, 0.25) is 5.91 Å². The van der Waals surface area contributed by atoms with Gasteiger partial charge in [-0.2, -0.15) is 5.26 Å². The highest BCUT2D eigenvalue weighted by Gasteiger charge is 2.27. The second-order valence-corrected chi connectivity index (χ2v) is 5.25. The van der Waals surface area contributed by atoms with E-state index in [1.165, 1.54) is 6.42 Å². The molecule has 1 fully saturated rings. The van der Waals surface area contributed by atoms with Crippen LogP contribution >= 0.6 is 0 Å². The van der Waals surface area contributed by atoms with Gasteiger partial charge < -0.3 is 10.2 Å². The number of nitrogens with zero attached hydrogens (tertiary/aromatic N) is 3. The fourth-order valence-corrected chi connectivity index (χ4v) is 2.55. The largest absolute Gasteiger partial charge is 0.358 e. The number of aromatic nitrogens is 1. The Kier molecular flexibility index (Phi) is 4.57. The van der Waals surface area contributed by atoms with Crippen LogP contribution in [0.2, 0.25) is 0 Å². The molecule has 2 rings (SSSR count). The Bertz CT molecular complexity index is 523. The summed E-state index contributed by atoms with van der Waals surface area (Å²) < 4.78 is 0. The highest BCUT2D eigenvalue weighted by atomic mass is 16.2. The third-order valence-corrected chi connectivity index (χ3v) is 3.74. The number of nitriles is 1. The maximum absolute atomic E-state index is 12.5. The SMILES string of the molecule is CC(Nc1ncccc1C#N)C(=O)N1CCCCC1C. The van der Waals surface area contributed by atoms with E-state index in [0.717, 1.165) is 19.4 Å².